The van der Waals surface area contributed by atoms with E-state index in [9.17, 15) is 5.11 Å². The standard InChI is InChI=1S/C16H16Cl2O2/c1-20-12-8-5-11(6-9-12)7-10-15(19)13-3-2-4-14(17)16(13)18/h2-6,8-9,15,19H,7,10H2,1H3. The second kappa shape index (κ2) is 6.98. The van der Waals surface area contributed by atoms with Gasteiger partial charge >= 0.3 is 0 Å². The van der Waals surface area contributed by atoms with Crippen LogP contribution in [0.25, 0.3) is 0 Å². The van der Waals surface area contributed by atoms with Crippen molar-refractivity contribution in [2.24, 2.45) is 0 Å². The van der Waals surface area contributed by atoms with E-state index in [2.05, 4.69) is 0 Å². The number of aliphatic hydroxyl groups is 1. The van der Waals surface area contributed by atoms with Crippen LogP contribution in [0.4, 0.5) is 0 Å². The first kappa shape index (κ1) is 15.2. The lowest BCUT2D eigenvalue weighted by molar-refractivity contribution is 0.168. The van der Waals surface area contributed by atoms with Gasteiger partial charge in [-0.25, -0.2) is 0 Å². The minimum absolute atomic E-state index is 0.427. The summed E-state index contributed by atoms with van der Waals surface area (Å²) in [5.74, 6) is 0.826. The van der Waals surface area contributed by atoms with Crippen molar-refractivity contribution in [1.29, 1.82) is 0 Å². The third-order valence-corrected chi connectivity index (χ3v) is 4.04. The summed E-state index contributed by atoms with van der Waals surface area (Å²) in [4.78, 5) is 0. The van der Waals surface area contributed by atoms with Crippen LogP contribution in [0.3, 0.4) is 0 Å². The number of hydrogen-bond donors (Lipinski definition) is 1. The summed E-state index contributed by atoms with van der Waals surface area (Å²) < 4.78 is 5.11. The van der Waals surface area contributed by atoms with Crippen molar-refractivity contribution in [1.82, 2.24) is 0 Å². The van der Waals surface area contributed by atoms with Gasteiger partial charge in [-0.1, -0.05) is 47.5 Å². The van der Waals surface area contributed by atoms with Crippen LogP contribution < -0.4 is 4.74 Å². The Bertz CT molecular complexity index is 567. The predicted molar refractivity (Wildman–Crippen MR) is 82.7 cm³/mol. The molecular formula is C16H16Cl2O2. The van der Waals surface area contributed by atoms with Crippen LogP contribution in [0, 0.1) is 0 Å². The highest BCUT2D eigenvalue weighted by Gasteiger charge is 2.13. The molecule has 106 valence electrons. The maximum atomic E-state index is 10.2. The number of ether oxygens (including phenoxy) is 1. The molecule has 1 atom stereocenters. The van der Waals surface area contributed by atoms with Gasteiger partial charge in [0.05, 0.1) is 23.3 Å². The molecule has 0 aliphatic carbocycles. The molecule has 0 fully saturated rings. The van der Waals surface area contributed by atoms with E-state index in [1.54, 1.807) is 25.3 Å². The number of aryl methyl sites for hydroxylation is 1. The van der Waals surface area contributed by atoms with Crippen molar-refractivity contribution in [3.63, 3.8) is 0 Å². The molecule has 2 rings (SSSR count). The van der Waals surface area contributed by atoms with E-state index in [0.29, 0.717) is 22.0 Å². The third-order valence-electron chi connectivity index (χ3n) is 3.21. The van der Waals surface area contributed by atoms with Gasteiger partial charge in [-0.2, -0.15) is 0 Å². The van der Waals surface area contributed by atoms with Gasteiger partial charge in [-0.15, -0.1) is 0 Å². The van der Waals surface area contributed by atoms with Crippen LogP contribution in [0.1, 0.15) is 23.7 Å². The summed E-state index contributed by atoms with van der Waals surface area (Å²) in [7, 11) is 1.64. The van der Waals surface area contributed by atoms with E-state index in [4.69, 9.17) is 27.9 Å². The van der Waals surface area contributed by atoms with Gasteiger partial charge in [0.15, 0.2) is 0 Å². The Balaban J connectivity index is 2.00. The molecule has 0 aliphatic heterocycles. The van der Waals surface area contributed by atoms with Crippen molar-refractivity contribution in [2.75, 3.05) is 7.11 Å². The number of methoxy groups -OCH3 is 1. The van der Waals surface area contributed by atoms with Crippen LogP contribution in [0.2, 0.25) is 10.0 Å². The molecule has 2 aromatic rings. The molecule has 0 amide bonds. The molecule has 1 N–H and O–H groups in total. The summed E-state index contributed by atoms with van der Waals surface area (Å²) in [5.41, 5.74) is 1.82. The first-order chi connectivity index (χ1) is 9.61. The maximum Gasteiger partial charge on any atom is 0.118 e. The number of rotatable bonds is 5. The van der Waals surface area contributed by atoms with E-state index in [0.717, 1.165) is 17.7 Å². The molecule has 1 unspecified atom stereocenters. The van der Waals surface area contributed by atoms with Gasteiger partial charge < -0.3 is 9.84 Å². The Hall–Kier alpha value is -1.22. The molecule has 0 heterocycles. The first-order valence-corrected chi connectivity index (χ1v) is 7.12. The summed E-state index contributed by atoms with van der Waals surface area (Å²) in [6.07, 6.45) is 0.726. The molecule has 0 aromatic heterocycles. The molecule has 0 radical (unpaired) electrons. The largest absolute Gasteiger partial charge is 0.497 e. The van der Waals surface area contributed by atoms with E-state index in [-0.39, 0.29) is 0 Å². The molecular weight excluding hydrogens is 295 g/mol. The maximum absolute atomic E-state index is 10.2. The molecule has 2 nitrogen and oxygen atoms in total. The lowest BCUT2D eigenvalue weighted by atomic mass is 10.0. The minimum atomic E-state index is -0.622. The zero-order valence-corrected chi connectivity index (χ0v) is 12.7. The second-order valence-corrected chi connectivity index (χ2v) is 5.33. The van der Waals surface area contributed by atoms with Crippen molar-refractivity contribution in [2.45, 2.75) is 18.9 Å². The second-order valence-electron chi connectivity index (χ2n) is 4.55. The van der Waals surface area contributed by atoms with Crippen LogP contribution in [0.15, 0.2) is 42.5 Å². The smallest absolute Gasteiger partial charge is 0.118 e. The Morgan fingerprint density at radius 3 is 2.45 bits per heavy atom. The van der Waals surface area contributed by atoms with Gasteiger partial charge in [-0.05, 0) is 36.6 Å². The molecule has 0 spiro atoms. The third kappa shape index (κ3) is 3.66. The average molecular weight is 311 g/mol. The monoisotopic (exact) mass is 310 g/mol. The normalized spacial score (nSPS) is 12.2. The Morgan fingerprint density at radius 2 is 1.80 bits per heavy atom. The SMILES string of the molecule is COc1ccc(CCC(O)c2cccc(Cl)c2Cl)cc1. The van der Waals surface area contributed by atoms with Crippen LogP contribution in [-0.2, 0) is 6.42 Å². The van der Waals surface area contributed by atoms with Crippen molar-refractivity contribution >= 4 is 23.2 Å². The van der Waals surface area contributed by atoms with Crippen molar-refractivity contribution in [3.8, 4) is 5.75 Å². The highest BCUT2D eigenvalue weighted by Crippen LogP contribution is 2.31. The van der Waals surface area contributed by atoms with Crippen molar-refractivity contribution < 1.29 is 9.84 Å². The zero-order valence-electron chi connectivity index (χ0n) is 11.1. The molecule has 4 heteroatoms. The highest BCUT2D eigenvalue weighted by atomic mass is 35.5. The fraction of sp³-hybridized carbons (Fsp3) is 0.250. The van der Waals surface area contributed by atoms with Gasteiger partial charge in [0.2, 0.25) is 0 Å². The molecule has 0 aliphatic rings. The minimum Gasteiger partial charge on any atom is -0.497 e. The lowest BCUT2D eigenvalue weighted by Gasteiger charge is -2.13. The molecule has 0 bridgehead atoms. The Kier molecular flexibility index (Phi) is 5.30. The summed E-state index contributed by atoms with van der Waals surface area (Å²) in [5, 5.41) is 11.1. The summed E-state index contributed by atoms with van der Waals surface area (Å²) in [6.45, 7) is 0. The van der Waals surface area contributed by atoms with Crippen LogP contribution in [0.5, 0.6) is 5.75 Å². The van der Waals surface area contributed by atoms with E-state index >= 15 is 0 Å². The molecule has 0 saturated heterocycles. The van der Waals surface area contributed by atoms with Crippen molar-refractivity contribution in [3.05, 3.63) is 63.6 Å². The predicted octanol–water partition coefficient (Wildman–Crippen LogP) is 4.67. The van der Waals surface area contributed by atoms with Gasteiger partial charge in [0.25, 0.3) is 0 Å². The summed E-state index contributed by atoms with van der Waals surface area (Å²) in [6, 6.07) is 13.1. The highest BCUT2D eigenvalue weighted by molar-refractivity contribution is 6.42. The van der Waals surface area contributed by atoms with E-state index in [1.807, 2.05) is 24.3 Å². The fourth-order valence-corrected chi connectivity index (χ4v) is 2.46. The van der Waals surface area contributed by atoms with Crippen LogP contribution in [-0.4, -0.2) is 12.2 Å². The number of benzene rings is 2. The number of hydrogen-bond acceptors (Lipinski definition) is 2. The first-order valence-electron chi connectivity index (χ1n) is 6.36. The Labute approximate surface area is 128 Å². The summed E-state index contributed by atoms with van der Waals surface area (Å²) >= 11 is 12.1. The lowest BCUT2D eigenvalue weighted by Crippen LogP contribution is -2.01. The van der Waals surface area contributed by atoms with Crippen LogP contribution >= 0.6 is 23.2 Å². The van der Waals surface area contributed by atoms with Gasteiger partial charge in [0, 0.05) is 5.56 Å². The van der Waals surface area contributed by atoms with Gasteiger partial charge in [0.1, 0.15) is 5.75 Å². The number of halogens is 2. The quantitative estimate of drug-likeness (QED) is 0.869. The van der Waals surface area contributed by atoms with E-state index < -0.39 is 6.10 Å². The fourth-order valence-electron chi connectivity index (χ4n) is 2.03. The van der Waals surface area contributed by atoms with Gasteiger partial charge in [-0.3, -0.25) is 0 Å². The van der Waals surface area contributed by atoms with E-state index in [1.165, 1.54) is 0 Å². The average Bonchev–Trinajstić information content (AvgIpc) is 2.48. The molecule has 20 heavy (non-hydrogen) atoms. The Morgan fingerprint density at radius 1 is 1.10 bits per heavy atom. The topological polar surface area (TPSA) is 29.5 Å². The zero-order chi connectivity index (χ0) is 14.5. The molecule has 0 saturated carbocycles. The molecule has 2 aromatic carbocycles. The number of aliphatic hydroxyl groups excluding tert-OH is 1.